The summed E-state index contributed by atoms with van der Waals surface area (Å²) in [6.45, 7) is 0. The van der Waals surface area contributed by atoms with Gasteiger partial charge in [-0.1, -0.05) is 6.07 Å². The molecule has 0 saturated carbocycles. The van der Waals surface area contributed by atoms with E-state index in [1.165, 1.54) is 0 Å². The largest absolute Gasteiger partial charge is 0.506 e. The monoisotopic (exact) mass is 351 g/mol. The van der Waals surface area contributed by atoms with Crippen molar-refractivity contribution in [3.63, 3.8) is 0 Å². The molecule has 0 bridgehead atoms. The van der Waals surface area contributed by atoms with Crippen LogP contribution >= 0.6 is 0 Å². The summed E-state index contributed by atoms with van der Waals surface area (Å²) in [6, 6.07) is 11.1. The van der Waals surface area contributed by atoms with E-state index in [-0.39, 0.29) is 5.75 Å². The van der Waals surface area contributed by atoms with Gasteiger partial charge in [-0.2, -0.15) is 13.2 Å². The Morgan fingerprint density at radius 3 is 2.36 bits per heavy atom. The van der Waals surface area contributed by atoms with E-state index in [4.69, 9.17) is 9.90 Å². The second-order valence-electron chi connectivity index (χ2n) is 4.74. The molecule has 0 aliphatic heterocycles. The summed E-state index contributed by atoms with van der Waals surface area (Å²) in [5.41, 5.74) is 2.29. The van der Waals surface area contributed by atoms with Crippen LogP contribution in [0.4, 0.5) is 24.5 Å². The van der Waals surface area contributed by atoms with E-state index in [0.717, 1.165) is 16.8 Å². The van der Waals surface area contributed by atoms with Crippen molar-refractivity contribution in [3.05, 3.63) is 55.0 Å². The third kappa shape index (κ3) is 5.06. The third-order valence-corrected chi connectivity index (χ3v) is 2.88. The average molecular weight is 351 g/mol. The van der Waals surface area contributed by atoms with Crippen molar-refractivity contribution in [2.24, 2.45) is 0 Å². The molecule has 0 amide bonds. The fourth-order valence-corrected chi connectivity index (χ4v) is 1.85. The molecule has 25 heavy (non-hydrogen) atoms. The number of benzene rings is 1. The Kier molecular flexibility index (Phi) is 5.38. The molecule has 0 fully saturated rings. The first-order valence-electron chi connectivity index (χ1n) is 6.82. The number of hydrogen-bond acceptors (Lipinski definition) is 5. The van der Waals surface area contributed by atoms with E-state index in [1.807, 2.05) is 30.3 Å². The summed E-state index contributed by atoms with van der Waals surface area (Å²) in [7, 11) is 0. The predicted molar refractivity (Wildman–Crippen MR) is 84.6 cm³/mol. The van der Waals surface area contributed by atoms with Crippen LogP contribution in [0.5, 0.6) is 5.75 Å². The number of aromatic nitrogens is 2. The van der Waals surface area contributed by atoms with Crippen LogP contribution in [-0.4, -0.2) is 32.3 Å². The van der Waals surface area contributed by atoms with Gasteiger partial charge in [-0.15, -0.1) is 0 Å². The minimum Gasteiger partial charge on any atom is -0.506 e. The van der Waals surface area contributed by atoms with Gasteiger partial charge in [0.05, 0.1) is 11.9 Å². The molecule has 6 nitrogen and oxygen atoms in total. The lowest BCUT2D eigenvalue weighted by Gasteiger charge is -2.08. The highest BCUT2D eigenvalue weighted by Gasteiger charge is 2.38. The first-order chi connectivity index (χ1) is 11.8. The van der Waals surface area contributed by atoms with Crippen molar-refractivity contribution in [1.29, 1.82) is 0 Å². The van der Waals surface area contributed by atoms with Crippen LogP contribution in [-0.2, 0) is 4.79 Å². The number of aliphatic carboxylic acids is 1. The van der Waals surface area contributed by atoms with Crippen molar-refractivity contribution < 1.29 is 28.2 Å². The zero-order valence-electron chi connectivity index (χ0n) is 12.5. The van der Waals surface area contributed by atoms with Gasteiger partial charge in [0.25, 0.3) is 0 Å². The number of anilines is 2. The van der Waals surface area contributed by atoms with E-state index in [1.54, 1.807) is 24.7 Å². The summed E-state index contributed by atoms with van der Waals surface area (Å²) < 4.78 is 31.7. The Bertz CT molecular complexity index is 871. The van der Waals surface area contributed by atoms with Crippen LogP contribution < -0.4 is 5.32 Å². The number of nitrogens with one attached hydrogen (secondary N) is 1. The predicted octanol–water partition coefficient (Wildman–Crippen LogP) is 3.71. The number of nitrogens with zero attached hydrogens (tertiary/aromatic N) is 2. The number of rotatable bonds is 2. The Hall–Kier alpha value is -3.36. The maximum Gasteiger partial charge on any atom is 0.490 e. The molecule has 0 saturated heterocycles. The number of hydrogen-bond donors (Lipinski definition) is 3. The summed E-state index contributed by atoms with van der Waals surface area (Å²) in [5.74, 6) is -2.59. The molecule has 3 aromatic rings. The number of alkyl halides is 3. The lowest BCUT2D eigenvalue weighted by atomic mass is 10.2. The zero-order chi connectivity index (χ0) is 18.4. The maximum absolute atomic E-state index is 10.6. The van der Waals surface area contributed by atoms with Crippen LogP contribution in [0.25, 0.3) is 10.9 Å². The molecular formula is C16H12F3N3O3. The molecule has 0 aliphatic carbocycles. The Labute approximate surface area is 139 Å². The second-order valence-corrected chi connectivity index (χ2v) is 4.74. The fraction of sp³-hybridized carbons (Fsp3) is 0.0625. The number of carbonyl (C=O) groups is 1. The van der Waals surface area contributed by atoms with Crippen LogP contribution in [0.1, 0.15) is 0 Å². The molecule has 2 heterocycles. The molecule has 3 N–H and O–H groups in total. The fourth-order valence-electron chi connectivity index (χ4n) is 1.85. The number of aromatic hydroxyl groups is 1. The molecule has 0 unspecified atom stereocenters. The smallest absolute Gasteiger partial charge is 0.490 e. The number of fused-ring (bicyclic) bond motifs is 1. The number of phenols is 1. The first-order valence-corrected chi connectivity index (χ1v) is 6.82. The molecule has 9 heteroatoms. The van der Waals surface area contributed by atoms with Crippen molar-refractivity contribution >= 4 is 28.2 Å². The van der Waals surface area contributed by atoms with Gasteiger partial charge in [0.1, 0.15) is 11.3 Å². The highest BCUT2D eigenvalue weighted by molar-refractivity contribution is 5.88. The van der Waals surface area contributed by atoms with Crippen LogP contribution in [0.2, 0.25) is 0 Å². The van der Waals surface area contributed by atoms with Crippen LogP contribution in [0.15, 0.2) is 55.0 Å². The highest BCUT2D eigenvalue weighted by atomic mass is 19.4. The van der Waals surface area contributed by atoms with Gasteiger partial charge in [-0.25, -0.2) is 4.79 Å². The van der Waals surface area contributed by atoms with E-state index < -0.39 is 12.1 Å². The lowest BCUT2D eigenvalue weighted by molar-refractivity contribution is -0.192. The maximum atomic E-state index is 10.6. The first kappa shape index (κ1) is 18.0. The quantitative estimate of drug-likeness (QED) is 0.651. The summed E-state index contributed by atoms with van der Waals surface area (Å²) >= 11 is 0. The zero-order valence-corrected chi connectivity index (χ0v) is 12.5. The molecule has 0 radical (unpaired) electrons. The SMILES string of the molecule is O=C(O)C(F)(F)F.Oc1cc(Nc2cccnc2)cc2cccnc12. The van der Waals surface area contributed by atoms with Crippen LogP contribution in [0, 0.1) is 0 Å². The molecule has 130 valence electrons. The van der Waals surface area contributed by atoms with Crippen molar-refractivity contribution in [2.75, 3.05) is 5.32 Å². The van der Waals surface area contributed by atoms with Gasteiger partial charge in [-0.3, -0.25) is 9.97 Å². The highest BCUT2D eigenvalue weighted by Crippen LogP contribution is 2.28. The molecule has 2 aromatic heterocycles. The van der Waals surface area contributed by atoms with E-state index >= 15 is 0 Å². The van der Waals surface area contributed by atoms with Gasteiger partial charge in [0.15, 0.2) is 0 Å². The van der Waals surface area contributed by atoms with Crippen molar-refractivity contribution in [1.82, 2.24) is 9.97 Å². The lowest BCUT2D eigenvalue weighted by Crippen LogP contribution is -2.21. The Balaban J connectivity index is 0.000000277. The molecule has 0 atom stereocenters. The summed E-state index contributed by atoms with van der Waals surface area (Å²) in [5, 5.41) is 21.1. The molecule has 0 aliphatic rings. The van der Waals surface area contributed by atoms with E-state index in [9.17, 15) is 18.3 Å². The number of carboxylic acids is 1. The Morgan fingerprint density at radius 1 is 1.08 bits per heavy atom. The van der Waals surface area contributed by atoms with Gasteiger partial charge >= 0.3 is 12.1 Å². The number of carboxylic acid groups (broad SMARTS) is 1. The standard InChI is InChI=1S/C14H11N3O.C2HF3O2/c18-13-8-12(17-11-4-2-5-15-9-11)7-10-3-1-6-16-14(10)13;3-2(4,5)1(6)7/h1-9,17-18H;(H,6,7). The molecule has 1 aromatic carbocycles. The number of pyridine rings is 2. The normalized spacial score (nSPS) is 10.7. The van der Waals surface area contributed by atoms with Gasteiger partial charge < -0.3 is 15.5 Å². The van der Waals surface area contributed by atoms with Gasteiger partial charge in [0, 0.05) is 29.5 Å². The van der Waals surface area contributed by atoms with Gasteiger partial charge in [0.2, 0.25) is 0 Å². The number of halogens is 3. The van der Waals surface area contributed by atoms with Crippen LogP contribution in [0.3, 0.4) is 0 Å². The molecule has 3 rings (SSSR count). The topological polar surface area (TPSA) is 95.3 Å². The minimum absolute atomic E-state index is 0.166. The number of phenolic OH excluding ortho intramolecular Hbond substituents is 1. The van der Waals surface area contributed by atoms with Crippen molar-refractivity contribution in [3.8, 4) is 5.75 Å². The average Bonchev–Trinajstić information content (AvgIpc) is 2.55. The van der Waals surface area contributed by atoms with Crippen molar-refractivity contribution in [2.45, 2.75) is 6.18 Å². The van der Waals surface area contributed by atoms with E-state index in [2.05, 4.69) is 15.3 Å². The Morgan fingerprint density at radius 2 is 1.76 bits per heavy atom. The van der Waals surface area contributed by atoms with Gasteiger partial charge in [-0.05, 0) is 24.3 Å². The summed E-state index contributed by atoms with van der Waals surface area (Å²) in [6.07, 6.45) is 0.0216. The molecular weight excluding hydrogens is 339 g/mol. The molecule has 0 spiro atoms. The summed E-state index contributed by atoms with van der Waals surface area (Å²) in [4.78, 5) is 17.1. The van der Waals surface area contributed by atoms with E-state index in [0.29, 0.717) is 5.52 Å². The third-order valence-electron chi connectivity index (χ3n) is 2.88. The second kappa shape index (κ2) is 7.47. The minimum atomic E-state index is -5.08.